The zero-order chi connectivity index (χ0) is 45.5. The number of fused-ring (bicyclic) bond motifs is 14. The third-order valence-corrected chi connectivity index (χ3v) is 14.4. The Morgan fingerprint density at radius 3 is 1.46 bits per heavy atom. The molecule has 0 fully saturated rings. The van der Waals surface area contributed by atoms with E-state index in [1.165, 1.54) is 33.4 Å². The van der Waals surface area contributed by atoms with E-state index in [0.29, 0.717) is 0 Å². The fourth-order valence-electron chi connectivity index (χ4n) is 11.7. The van der Waals surface area contributed by atoms with Gasteiger partial charge in [-0.15, -0.1) is 0 Å². The SMILES string of the molecule is c1ccc(N2c3ccccc3C3(c4ccccc4-c4ccccc43)c3ccc(N(c4ccccc4)c4cccc5c4oc4cc(N(c6ccccc6)c6ccccc6)c6ccccc6c45)cc32)cc1. The Morgan fingerprint density at radius 1 is 0.333 bits per heavy atom. The third kappa shape index (κ3) is 5.76. The van der Waals surface area contributed by atoms with Gasteiger partial charge < -0.3 is 19.1 Å². The zero-order valence-electron chi connectivity index (χ0n) is 37.6. The van der Waals surface area contributed by atoms with E-state index in [0.717, 1.165) is 83.9 Å². The van der Waals surface area contributed by atoms with Crippen molar-refractivity contribution < 1.29 is 4.42 Å². The monoisotopic (exact) mass is 881 g/mol. The number of hydrogen-bond donors (Lipinski definition) is 0. The van der Waals surface area contributed by atoms with Crippen molar-refractivity contribution in [3.8, 4) is 11.1 Å². The van der Waals surface area contributed by atoms with Gasteiger partial charge in [-0.2, -0.15) is 0 Å². The summed E-state index contributed by atoms with van der Waals surface area (Å²) in [4.78, 5) is 7.18. The number of rotatable bonds is 7. The van der Waals surface area contributed by atoms with E-state index >= 15 is 0 Å². The molecule has 4 nitrogen and oxygen atoms in total. The first-order valence-electron chi connectivity index (χ1n) is 23.7. The van der Waals surface area contributed by atoms with Crippen LogP contribution in [-0.4, -0.2) is 0 Å². The summed E-state index contributed by atoms with van der Waals surface area (Å²) in [6.07, 6.45) is 0. The summed E-state index contributed by atoms with van der Waals surface area (Å²) in [6.45, 7) is 0. The fourth-order valence-corrected chi connectivity index (χ4v) is 11.7. The highest BCUT2D eigenvalue weighted by Gasteiger charge is 2.51. The fraction of sp³-hybridized carbons (Fsp3) is 0.0154. The highest BCUT2D eigenvalue weighted by Crippen LogP contribution is 2.64. The molecule has 4 heteroatoms. The van der Waals surface area contributed by atoms with E-state index in [-0.39, 0.29) is 0 Å². The number of nitrogens with zero attached hydrogens (tertiary/aromatic N) is 3. The summed E-state index contributed by atoms with van der Waals surface area (Å²) in [5.41, 5.74) is 18.4. The van der Waals surface area contributed by atoms with Gasteiger partial charge >= 0.3 is 0 Å². The Hall–Kier alpha value is -9.12. The summed E-state index contributed by atoms with van der Waals surface area (Å²) >= 11 is 0. The molecular formula is C65H43N3O. The molecule has 0 radical (unpaired) electrons. The van der Waals surface area contributed by atoms with Crippen LogP contribution in [-0.2, 0) is 5.41 Å². The minimum atomic E-state index is -0.550. The second-order valence-electron chi connectivity index (χ2n) is 18.0. The summed E-state index contributed by atoms with van der Waals surface area (Å²) in [6, 6.07) is 94.5. The van der Waals surface area contributed by atoms with E-state index in [4.69, 9.17) is 4.42 Å². The maximum absolute atomic E-state index is 7.30. The Bertz CT molecular complexity index is 3840. The maximum Gasteiger partial charge on any atom is 0.159 e. The third-order valence-electron chi connectivity index (χ3n) is 14.4. The van der Waals surface area contributed by atoms with E-state index in [1.54, 1.807) is 0 Å². The predicted octanol–water partition coefficient (Wildman–Crippen LogP) is 17.8. The largest absolute Gasteiger partial charge is 0.454 e. The van der Waals surface area contributed by atoms with Crippen LogP contribution >= 0.6 is 0 Å². The van der Waals surface area contributed by atoms with Crippen LogP contribution in [0.4, 0.5) is 51.2 Å². The smallest absolute Gasteiger partial charge is 0.159 e. The number of benzene rings is 11. The Kier molecular flexibility index (Phi) is 8.77. The number of furan rings is 1. The van der Waals surface area contributed by atoms with Crippen LogP contribution in [0.2, 0.25) is 0 Å². The molecule has 0 saturated heterocycles. The van der Waals surface area contributed by atoms with Gasteiger partial charge in [-0.25, -0.2) is 0 Å². The lowest BCUT2D eigenvalue weighted by molar-refractivity contribution is 0.669. The lowest BCUT2D eigenvalue weighted by Crippen LogP contribution is -2.36. The normalized spacial score (nSPS) is 13.0. The van der Waals surface area contributed by atoms with Gasteiger partial charge in [0.25, 0.3) is 0 Å². The van der Waals surface area contributed by atoms with Crippen molar-refractivity contribution in [2.45, 2.75) is 5.41 Å². The van der Waals surface area contributed by atoms with Gasteiger partial charge in [0.1, 0.15) is 5.58 Å². The van der Waals surface area contributed by atoms with Crippen LogP contribution in [0, 0.1) is 0 Å². The van der Waals surface area contributed by atoms with E-state index in [1.807, 2.05) is 0 Å². The van der Waals surface area contributed by atoms with Crippen molar-refractivity contribution in [1.29, 1.82) is 0 Å². The first-order chi connectivity index (χ1) is 34.3. The van der Waals surface area contributed by atoms with E-state index in [2.05, 4.69) is 276 Å². The van der Waals surface area contributed by atoms with Crippen LogP contribution in [0.25, 0.3) is 43.8 Å². The topological polar surface area (TPSA) is 22.9 Å². The Labute approximate surface area is 400 Å². The molecule has 69 heavy (non-hydrogen) atoms. The Balaban J connectivity index is 1.03. The van der Waals surface area contributed by atoms with Crippen LogP contribution in [0.1, 0.15) is 22.3 Å². The maximum atomic E-state index is 7.30. The van der Waals surface area contributed by atoms with Gasteiger partial charge in [-0.3, -0.25) is 0 Å². The van der Waals surface area contributed by atoms with Crippen molar-refractivity contribution >= 4 is 83.9 Å². The molecule has 11 aromatic carbocycles. The molecule has 0 bridgehead atoms. The zero-order valence-corrected chi connectivity index (χ0v) is 37.6. The number of anilines is 9. The molecule has 0 saturated carbocycles. The lowest BCUT2D eigenvalue weighted by Gasteiger charge is -2.45. The molecule has 1 spiro atoms. The average Bonchev–Trinajstić information content (AvgIpc) is 3.95. The van der Waals surface area contributed by atoms with Gasteiger partial charge in [0.2, 0.25) is 0 Å². The van der Waals surface area contributed by atoms with Crippen LogP contribution in [0.3, 0.4) is 0 Å². The van der Waals surface area contributed by atoms with Crippen molar-refractivity contribution in [1.82, 2.24) is 0 Å². The quantitative estimate of drug-likeness (QED) is 0.159. The molecular weight excluding hydrogens is 839 g/mol. The van der Waals surface area contributed by atoms with Gasteiger partial charge in [-0.05, 0) is 112 Å². The number of para-hydroxylation sites is 6. The van der Waals surface area contributed by atoms with Gasteiger partial charge in [-0.1, -0.05) is 182 Å². The van der Waals surface area contributed by atoms with Gasteiger partial charge in [0.15, 0.2) is 5.58 Å². The molecule has 2 aliphatic rings. The molecule has 0 N–H and O–H groups in total. The van der Waals surface area contributed by atoms with Crippen LogP contribution < -0.4 is 14.7 Å². The van der Waals surface area contributed by atoms with E-state index < -0.39 is 5.41 Å². The second-order valence-corrected chi connectivity index (χ2v) is 18.0. The van der Waals surface area contributed by atoms with E-state index in [9.17, 15) is 0 Å². The second kappa shape index (κ2) is 15.5. The molecule has 2 heterocycles. The lowest BCUT2D eigenvalue weighted by atomic mass is 9.64. The number of hydrogen-bond acceptors (Lipinski definition) is 4. The Morgan fingerprint density at radius 2 is 0.826 bits per heavy atom. The standard InChI is InChI=1S/C65H43N3O/c1-5-22-44(23-6-1)66(45-24-7-2-8-25-45)60-43-62-63(52-33-14-13-32-51(52)60)53-34-21-39-59(64(53)69-62)67(46-26-9-3-10-27-46)48-40-41-57-61(42-48)68(47-28-11-4-12-29-47)58-38-20-19-37-56(58)65(57)54-35-17-15-30-49(54)50-31-16-18-36-55(50)65/h1-43H. The minimum Gasteiger partial charge on any atom is -0.454 e. The van der Waals surface area contributed by atoms with Gasteiger partial charge in [0, 0.05) is 50.7 Å². The first-order valence-corrected chi connectivity index (χ1v) is 23.7. The highest BCUT2D eigenvalue weighted by molar-refractivity contribution is 6.24. The average molecular weight is 882 g/mol. The summed E-state index contributed by atoms with van der Waals surface area (Å²) in [5.74, 6) is 0. The molecule has 12 aromatic rings. The first kappa shape index (κ1) is 39.1. The molecule has 0 unspecified atom stereocenters. The predicted molar refractivity (Wildman–Crippen MR) is 286 cm³/mol. The van der Waals surface area contributed by atoms with Crippen molar-refractivity contribution in [3.63, 3.8) is 0 Å². The summed E-state index contributed by atoms with van der Waals surface area (Å²) < 4.78 is 7.30. The minimum absolute atomic E-state index is 0.550. The van der Waals surface area contributed by atoms with Crippen LogP contribution in [0.5, 0.6) is 0 Å². The molecule has 14 rings (SSSR count). The molecule has 1 aliphatic heterocycles. The molecule has 0 atom stereocenters. The molecule has 0 amide bonds. The van der Waals surface area contributed by atoms with Crippen molar-refractivity contribution in [2.75, 3.05) is 14.7 Å². The summed E-state index contributed by atoms with van der Waals surface area (Å²) in [7, 11) is 0. The van der Waals surface area contributed by atoms with Crippen molar-refractivity contribution in [3.05, 3.63) is 283 Å². The molecule has 324 valence electrons. The summed E-state index contributed by atoms with van der Waals surface area (Å²) in [5, 5.41) is 4.44. The molecule has 1 aromatic heterocycles. The van der Waals surface area contributed by atoms with Crippen molar-refractivity contribution in [2.24, 2.45) is 0 Å². The molecule has 1 aliphatic carbocycles. The highest BCUT2D eigenvalue weighted by atomic mass is 16.3. The van der Waals surface area contributed by atoms with Crippen LogP contribution in [0.15, 0.2) is 265 Å². The van der Waals surface area contributed by atoms with Gasteiger partial charge in [0.05, 0.1) is 28.2 Å².